The van der Waals surface area contributed by atoms with E-state index < -0.39 is 7.82 Å². The van der Waals surface area contributed by atoms with E-state index in [0.717, 1.165) is 30.0 Å². The van der Waals surface area contributed by atoms with Gasteiger partial charge in [-0.2, -0.15) is 0 Å². The quantitative estimate of drug-likeness (QED) is 0.447. The molecule has 0 aliphatic carbocycles. The first kappa shape index (κ1) is 18.0. The first-order valence-electron chi connectivity index (χ1n) is 8.27. The molecule has 5 heteroatoms. The predicted molar refractivity (Wildman–Crippen MR) is 93.7 cm³/mol. The summed E-state index contributed by atoms with van der Waals surface area (Å²) in [6, 6.07) is 13.0. The minimum Gasteiger partial charge on any atom is -0.403 e. The van der Waals surface area contributed by atoms with E-state index in [2.05, 4.69) is 6.92 Å². The predicted octanol–water partition coefficient (Wildman–Crippen LogP) is 5.70. The molecule has 126 valence electrons. The Bertz CT molecular complexity index is 651. The van der Waals surface area contributed by atoms with Crippen molar-refractivity contribution in [3.05, 3.63) is 42.5 Å². The molecule has 2 rings (SSSR count). The maximum atomic E-state index is 12.1. The minimum atomic E-state index is -4.08. The lowest BCUT2D eigenvalue weighted by molar-refractivity contribution is 0.200. The lowest BCUT2D eigenvalue weighted by atomic mass is 10.1. The van der Waals surface area contributed by atoms with E-state index in [1.807, 2.05) is 30.3 Å². The van der Waals surface area contributed by atoms with Crippen LogP contribution < -0.4 is 4.52 Å². The number of unbranched alkanes of at least 4 members (excludes halogenated alkanes) is 5. The average Bonchev–Trinajstić information content (AvgIpc) is 2.54. The second kappa shape index (κ2) is 9.07. The Balaban J connectivity index is 1.84. The van der Waals surface area contributed by atoms with E-state index in [9.17, 15) is 9.46 Å². The first-order chi connectivity index (χ1) is 11.1. The van der Waals surface area contributed by atoms with Gasteiger partial charge in [0, 0.05) is 5.39 Å². The van der Waals surface area contributed by atoms with Gasteiger partial charge in [-0.25, -0.2) is 4.57 Å². The summed E-state index contributed by atoms with van der Waals surface area (Å²) >= 11 is 0. The Labute approximate surface area is 138 Å². The van der Waals surface area contributed by atoms with Gasteiger partial charge in [0.2, 0.25) is 0 Å². The second-order valence-electron chi connectivity index (χ2n) is 5.64. The molecule has 0 amide bonds. The van der Waals surface area contributed by atoms with Crippen LogP contribution in [0.5, 0.6) is 5.75 Å². The summed E-state index contributed by atoms with van der Waals surface area (Å²) in [6.07, 6.45) is 6.57. The van der Waals surface area contributed by atoms with Crippen LogP contribution in [0.4, 0.5) is 0 Å². The van der Waals surface area contributed by atoms with Crippen molar-refractivity contribution < 1.29 is 18.5 Å². The van der Waals surface area contributed by atoms with Crippen molar-refractivity contribution in [2.24, 2.45) is 0 Å². The van der Waals surface area contributed by atoms with E-state index in [1.54, 1.807) is 12.1 Å². The van der Waals surface area contributed by atoms with Gasteiger partial charge in [-0.3, -0.25) is 9.42 Å². The molecule has 0 radical (unpaired) electrons. The van der Waals surface area contributed by atoms with E-state index in [-0.39, 0.29) is 6.61 Å². The van der Waals surface area contributed by atoms with Gasteiger partial charge in [-0.15, -0.1) is 0 Å². The number of hydrogen-bond acceptors (Lipinski definition) is 3. The highest BCUT2D eigenvalue weighted by atomic mass is 31.2. The van der Waals surface area contributed by atoms with Gasteiger partial charge < -0.3 is 4.52 Å². The number of rotatable bonds is 10. The molecular formula is C18H25O4P. The summed E-state index contributed by atoms with van der Waals surface area (Å²) in [4.78, 5) is 9.88. The third-order valence-corrected chi connectivity index (χ3v) is 4.65. The molecule has 0 saturated carbocycles. The van der Waals surface area contributed by atoms with Crippen molar-refractivity contribution in [1.29, 1.82) is 0 Å². The topological polar surface area (TPSA) is 55.8 Å². The fraction of sp³-hybridized carbons (Fsp3) is 0.444. The molecule has 1 atom stereocenters. The van der Waals surface area contributed by atoms with Crippen LogP contribution in [0.1, 0.15) is 45.4 Å². The fourth-order valence-electron chi connectivity index (χ4n) is 2.49. The Morgan fingerprint density at radius 3 is 2.48 bits per heavy atom. The lowest BCUT2D eigenvalue weighted by Crippen LogP contribution is -1.99. The number of phosphoric acid groups is 1. The molecule has 0 aliphatic heterocycles. The Morgan fingerprint density at radius 1 is 0.957 bits per heavy atom. The van der Waals surface area contributed by atoms with Gasteiger partial charge in [-0.05, 0) is 17.9 Å². The van der Waals surface area contributed by atoms with Crippen LogP contribution in [0.2, 0.25) is 0 Å². The first-order valence-corrected chi connectivity index (χ1v) is 9.76. The smallest absolute Gasteiger partial charge is 0.403 e. The van der Waals surface area contributed by atoms with Crippen molar-refractivity contribution in [2.75, 3.05) is 6.61 Å². The molecule has 1 N–H and O–H groups in total. The van der Waals surface area contributed by atoms with Crippen molar-refractivity contribution >= 4 is 18.6 Å². The molecule has 0 saturated heterocycles. The van der Waals surface area contributed by atoms with Gasteiger partial charge in [0.25, 0.3) is 0 Å². The standard InChI is InChI=1S/C18H25O4P/c1-2-3-4-5-6-9-15-21-23(19,20)22-18-14-10-12-16-11-7-8-13-17(16)18/h7-8,10-14H,2-6,9,15H2,1H3,(H,19,20). The van der Waals surface area contributed by atoms with Crippen molar-refractivity contribution in [1.82, 2.24) is 0 Å². The Morgan fingerprint density at radius 2 is 1.65 bits per heavy atom. The average molecular weight is 336 g/mol. The number of hydrogen-bond donors (Lipinski definition) is 1. The van der Waals surface area contributed by atoms with E-state index >= 15 is 0 Å². The molecule has 0 spiro atoms. The van der Waals surface area contributed by atoms with Gasteiger partial charge in [-0.1, -0.05) is 75.4 Å². The van der Waals surface area contributed by atoms with Gasteiger partial charge in [0.05, 0.1) is 6.61 Å². The highest BCUT2D eigenvalue weighted by molar-refractivity contribution is 7.47. The molecule has 0 fully saturated rings. The van der Waals surface area contributed by atoms with Gasteiger partial charge in [0.1, 0.15) is 5.75 Å². The van der Waals surface area contributed by atoms with Crippen LogP contribution in [-0.4, -0.2) is 11.5 Å². The fourth-order valence-corrected chi connectivity index (χ4v) is 3.31. The summed E-state index contributed by atoms with van der Waals surface area (Å²) < 4.78 is 22.4. The molecule has 0 aromatic heterocycles. The molecule has 0 aliphatic rings. The highest BCUT2D eigenvalue weighted by Crippen LogP contribution is 2.45. The van der Waals surface area contributed by atoms with E-state index in [0.29, 0.717) is 5.75 Å². The van der Waals surface area contributed by atoms with Gasteiger partial charge in [0.15, 0.2) is 0 Å². The normalized spacial score (nSPS) is 13.8. The van der Waals surface area contributed by atoms with E-state index in [4.69, 9.17) is 9.05 Å². The lowest BCUT2D eigenvalue weighted by Gasteiger charge is -2.14. The molecule has 0 bridgehead atoms. The molecular weight excluding hydrogens is 311 g/mol. The number of fused-ring (bicyclic) bond motifs is 1. The Kier molecular flexibility index (Phi) is 7.10. The molecule has 2 aromatic carbocycles. The SMILES string of the molecule is CCCCCCCCOP(=O)(O)Oc1cccc2ccccc12. The molecule has 1 unspecified atom stereocenters. The third-order valence-electron chi connectivity index (χ3n) is 3.72. The van der Waals surface area contributed by atoms with Crippen LogP contribution in [0, 0.1) is 0 Å². The maximum Gasteiger partial charge on any atom is 0.527 e. The third kappa shape index (κ3) is 5.98. The van der Waals surface area contributed by atoms with Crippen molar-refractivity contribution in [2.45, 2.75) is 45.4 Å². The summed E-state index contributed by atoms with van der Waals surface area (Å²) in [5.74, 6) is 0.372. The molecule has 4 nitrogen and oxygen atoms in total. The van der Waals surface area contributed by atoms with Gasteiger partial charge >= 0.3 is 7.82 Å². The summed E-state index contributed by atoms with van der Waals surface area (Å²) in [7, 11) is -4.08. The Hall–Kier alpha value is -1.35. The van der Waals surface area contributed by atoms with Crippen molar-refractivity contribution in [3.8, 4) is 5.75 Å². The van der Waals surface area contributed by atoms with Crippen LogP contribution in [0.3, 0.4) is 0 Å². The van der Waals surface area contributed by atoms with Crippen molar-refractivity contribution in [3.63, 3.8) is 0 Å². The van der Waals surface area contributed by atoms with Crippen LogP contribution in [0.25, 0.3) is 10.8 Å². The van der Waals surface area contributed by atoms with Crippen LogP contribution in [-0.2, 0) is 9.09 Å². The summed E-state index contributed by atoms with van der Waals surface area (Å²) in [5.41, 5.74) is 0. The highest BCUT2D eigenvalue weighted by Gasteiger charge is 2.23. The zero-order valence-corrected chi connectivity index (χ0v) is 14.5. The maximum absolute atomic E-state index is 12.1. The van der Waals surface area contributed by atoms with E-state index in [1.165, 1.54) is 19.3 Å². The summed E-state index contributed by atoms with van der Waals surface area (Å²) in [5, 5.41) is 1.76. The second-order valence-corrected chi connectivity index (χ2v) is 7.02. The monoisotopic (exact) mass is 336 g/mol. The van der Waals surface area contributed by atoms with Crippen LogP contribution in [0.15, 0.2) is 42.5 Å². The molecule has 23 heavy (non-hydrogen) atoms. The number of benzene rings is 2. The largest absolute Gasteiger partial charge is 0.527 e. The zero-order valence-electron chi connectivity index (χ0n) is 13.6. The molecule has 2 aromatic rings. The molecule has 0 heterocycles. The zero-order chi connectivity index (χ0) is 16.5. The number of phosphoric ester groups is 1. The van der Waals surface area contributed by atoms with Crippen LogP contribution >= 0.6 is 7.82 Å². The summed E-state index contributed by atoms with van der Waals surface area (Å²) in [6.45, 7) is 2.42. The minimum absolute atomic E-state index is 0.241.